The smallest absolute Gasteiger partial charge is 0.253 e. The molecule has 150 valence electrons. The fourth-order valence-corrected chi connectivity index (χ4v) is 4.58. The first-order valence-corrected chi connectivity index (χ1v) is 10.8. The summed E-state index contributed by atoms with van der Waals surface area (Å²) in [7, 11) is 0. The Morgan fingerprint density at radius 1 is 1.22 bits per heavy atom. The highest BCUT2D eigenvalue weighted by molar-refractivity contribution is 6.68. The molecule has 0 spiro atoms. The van der Waals surface area contributed by atoms with E-state index in [1.54, 1.807) is 24.3 Å². The fraction of sp³-hybridized carbons (Fsp3) is 0.632. The Kier molecular flexibility index (Phi) is 7.57. The fourth-order valence-electron chi connectivity index (χ4n) is 4.04. The number of alkyl halides is 3. The first-order valence-electron chi connectivity index (χ1n) is 9.33. The van der Waals surface area contributed by atoms with E-state index < -0.39 is 15.9 Å². The van der Waals surface area contributed by atoms with Crippen LogP contribution in [0, 0.1) is 5.92 Å². The van der Waals surface area contributed by atoms with Crippen molar-refractivity contribution in [2.75, 3.05) is 19.7 Å². The van der Waals surface area contributed by atoms with E-state index in [1.165, 1.54) is 19.3 Å². The van der Waals surface area contributed by atoms with Gasteiger partial charge in [-0.15, -0.1) is 0 Å². The highest BCUT2D eigenvalue weighted by Crippen LogP contribution is 2.34. The summed E-state index contributed by atoms with van der Waals surface area (Å²) in [6.45, 7) is 2.76. The summed E-state index contributed by atoms with van der Waals surface area (Å²) >= 11 is 24.2. The van der Waals surface area contributed by atoms with Crippen LogP contribution in [0.25, 0.3) is 0 Å². The zero-order valence-corrected chi connectivity index (χ0v) is 18.0. The molecule has 2 saturated heterocycles. The Bertz CT molecular complexity index is 651. The van der Waals surface area contributed by atoms with E-state index >= 15 is 0 Å². The largest absolute Gasteiger partial charge is 0.354 e. The maximum atomic E-state index is 12.5. The lowest BCUT2D eigenvalue weighted by Crippen LogP contribution is -2.51. The third-order valence-electron chi connectivity index (χ3n) is 5.35. The minimum atomic E-state index is -1.77. The molecule has 8 heteroatoms. The Morgan fingerprint density at radius 3 is 2.74 bits per heavy atom. The van der Waals surface area contributed by atoms with Gasteiger partial charge in [0.15, 0.2) is 6.23 Å². The van der Waals surface area contributed by atoms with Crippen molar-refractivity contribution in [1.82, 2.24) is 10.2 Å². The molecule has 3 atom stereocenters. The molecule has 2 aliphatic heterocycles. The van der Waals surface area contributed by atoms with Crippen LogP contribution in [0.4, 0.5) is 0 Å². The molecule has 0 aliphatic carbocycles. The molecule has 0 bridgehead atoms. The first kappa shape index (κ1) is 21.5. The number of nitrogens with one attached hydrogen (secondary N) is 1. The third kappa shape index (κ3) is 5.88. The van der Waals surface area contributed by atoms with Crippen LogP contribution < -0.4 is 5.32 Å². The summed E-state index contributed by atoms with van der Waals surface area (Å²) < 4.78 is 4.16. The van der Waals surface area contributed by atoms with Crippen molar-refractivity contribution >= 4 is 52.3 Å². The number of nitrogens with zero attached hydrogens (tertiary/aromatic N) is 1. The summed E-state index contributed by atoms with van der Waals surface area (Å²) in [5.41, 5.74) is 0.390. The second kappa shape index (κ2) is 9.51. The highest BCUT2D eigenvalue weighted by atomic mass is 35.6. The van der Waals surface area contributed by atoms with E-state index in [4.69, 9.17) is 51.1 Å². The molecule has 2 fully saturated rings. The molecule has 1 amide bonds. The third-order valence-corrected chi connectivity index (χ3v) is 6.18. The number of halogens is 4. The Balaban J connectivity index is 1.62. The summed E-state index contributed by atoms with van der Waals surface area (Å²) in [6, 6.07) is 7.13. The van der Waals surface area contributed by atoms with Gasteiger partial charge in [0, 0.05) is 16.6 Å². The number of carbonyl (C=O) groups excluding carboxylic acids is 1. The van der Waals surface area contributed by atoms with Crippen LogP contribution in [0.15, 0.2) is 24.3 Å². The first-order chi connectivity index (χ1) is 12.8. The topological polar surface area (TPSA) is 41.6 Å². The van der Waals surface area contributed by atoms with Crippen LogP contribution in [0.3, 0.4) is 0 Å². The van der Waals surface area contributed by atoms with Gasteiger partial charge in [-0.25, -0.2) is 0 Å². The van der Waals surface area contributed by atoms with E-state index in [-0.39, 0.29) is 0 Å². The Hall–Kier alpha value is -0.230. The van der Waals surface area contributed by atoms with Crippen LogP contribution >= 0.6 is 46.4 Å². The van der Waals surface area contributed by atoms with Crippen molar-refractivity contribution in [3.8, 4) is 0 Å². The van der Waals surface area contributed by atoms with Crippen molar-refractivity contribution < 1.29 is 9.53 Å². The van der Waals surface area contributed by atoms with Crippen LogP contribution in [0.2, 0.25) is 5.02 Å². The minimum Gasteiger partial charge on any atom is -0.354 e. The van der Waals surface area contributed by atoms with Crippen molar-refractivity contribution in [1.29, 1.82) is 0 Å². The van der Waals surface area contributed by atoms with Crippen LogP contribution in [0.1, 0.15) is 42.5 Å². The number of carbonyl (C=O) groups is 1. The molecule has 0 radical (unpaired) electrons. The molecule has 1 N–H and O–H groups in total. The van der Waals surface area contributed by atoms with Gasteiger partial charge in [0.25, 0.3) is 5.91 Å². The predicted molar refractivity (Wildman–Crippen MR) is 111 cm³/mol. The molecule has 1 aromatic carbocycles. The highest BCUT2D eigenvalue weighted by Gasteiger charge is 2.38. The summed E-state index contributed by atoms with van der Waals surface area (Å²) in [5, 5.41) is 3.15. The summed E-state index contributed by atoms with van der Waals surface area (Å²) in [6.07, 6.45) is 4.90. The zero-order valence-electron chi connectivity index (χ0n) is 15.0. The number of rotatable bonds is 5. The van der Waals surface area contributed by atoms with E-state index in [0.717, 1.165) is 25.9 Å². The van der Waals surface area contributed by atoms with Crippen LogP contribution in [0.5, 0.6) is 0 Å². The molecule has 2 heterocycles. The monoisotopic (exact) mass is 452 g/mol. The average Bonchev–Trinajstić information content (AvgIpc) is 2.64. The molecule has 1 aromatic rings. The lowest BCUT2D eigenvalue weighted by atomic mass is 9.84. The van der Waals surface area contributed by atoms with Gasteiger partial charge in [0.2, 0.25) is 3.79 Å². The van der Waals surface area contributed by atoms with Gasteiger partial charge in [-0.2, -0.15) is 0 Å². The van der Waals surface area contributed by atoms with Gasteiger partial charge in [0.05, 0.1) is 6.61 Å². The number of hydrogen-bond acceptors (Lipinski definition) is 3. The maximum Gasteiger partial charge on any atom is 0.253 e. The predicted octanol–water partition coefficient (Wildman–Crippen LogP) is 5.05. The van der Waals surface area contributed by atoms with Crippen LogP contribution in [-0.2, 0) is 4.74 Å². The molecular formula is C19H24Cl4N2O2. The molecule has 3 rings (SSSR count). The molecule has 0 aromatic heterocycles. The lowest BCUT2D eigenvalue weighted by Gasteiger charge is -2.44. The van der Waals surface area contributed by atoms with Gasteiger partial charge in [0.1, 0.15) is 0 Å². The Morgan fingerprint density at radius 2 is 2.00 bits per heavy atom. The molecule has 4 nitrogen and oxygen atoms in total. The standard InChI is InChI=1S/C19H24Cl4N2O2/c20-15-7-3-5-13(11-15)17(26)24-18(19(21,22)23)27-12-14-6-4-10-25-9-2-1-8-16(14)25/h3,5,7,11,14,16,18H,1-2,4,6,8-10,12H2,(H,24,26)/t14-,16-,18+/m1/s1. The number of fused-ring (bicyclic) bond motifs is 1. The average molecular weight is 454 g/mol. The van der Waals surface area contributed by atoms with Gasteiger partial charge in [-0.05, 0) is 62.9 Å². The number of hydrogen-bond donors (Lipinski definition) is 1. The van der Waals surface area contributed by atoms with Gasteiger partial charge in [-0.1, -0.05) is 58.9 Å². The lowest BCUT2D eigenvalue weighted by molar-refractivity contribution is -0.0325. The number of ether oxygens (including phenoxy) is 1. The Labute approximate surface area is 180 Å². The van der Waals surface area contributed by atoms with E-state index in [1.807, 2.05) is 0 Å². The van der Waals surface area contributed by atoms with Gasteiger partial charge >= 0.3 is 0 Å². The van der Waals surface area contributed by atoms with E-state index in [9.17, 15) is 4.79 Å². The second-order valence-electron chi connectivity index (χ2n) is 7.24. The van der Waals surface area contributed by atoms with E-state index in [0.29, 0.717) is 29.2 Å². The summed E-state index contributed by atoms with van der Waals surface area (Å²) in [5.74, 6) is -0.00580. The van der Waals surface area contributed by atoms with Crippen molar-refractivity contribution in [2.45, 2.75) is 48.2 Å². The minimum absolute atomic E-state index is 0.386. The molecule has 0 unspecified atom stereocenters. The molecule has 27 heavy (non-hydrogen) atoms. The van der Waals surface area contributed by atoms with Crippen molar-refractivity contribution in [3.63, 3.8) is 0 Å². The van der Waals surface area contributed by atoms with Gasteiger partial charge in [-0.3, -0.25) is 4.79 Å². The normalized spacial score (nSPS) is 24.9. The van der Waals surface area contributed by atoms with Gasteiger partial charge < -0.3 is 15.0 Å². The molecular weight excluding hydrogens is 430 g/mol. The van der Waals surface area contributed by atoms with Crippen LogP contribution in [-0.4, -0.2) is 46.6 Å². The van der Waals surface area contributed by atoms with Crippen molar-refractivity contribution in [2.24, 2.45) is 5.92 Å². The molecule has 0 saturated carbocycles. The van der Waals surface area contributed by atoms with E-state index in [2.05, 4.69) is 10.2 Å². The number of benzene rings is 1. The number of piperidine rings is 2. The second-order valence-corrected chi connectivity index (χ2v) is 10.0. The molecule has 2 aliphatic rings. The number of amides is 1. The van der Waals surface area contributed by atoms with Crippen molar-refractivity contribution in [3.05, 3.63) is 34.9 Å². The zero-order chi connectivity index (χ0) is 19.4. The quantitative estimate of drug-likeness (QED) is 0.501. The maximum absolute atomic E-state index is 12.5. The summed E-state index contributed by atoms with van der Waals surface area (Å²) in [4.78, 5) is 15.1. The SMILES string of the molecule is O=C(N[C@@H](OC[C@H]1CCCN2CCCC[C@H]12)C(Cl)(Cl)Cl)c1cccc(Cl)c1.